The molecule has 1 aromatic rings. The zero-order chi connectivity index (χ0) is 13.1. The topological polar surface area (TPSA) is 113 Å². The van der Waals surface area contributed by atoms with Gasteiger partial charge in [0.1, 0.15) is 5.92 Å². The fraction of sp³-hybridized carbons (Fsp3) is 0.200. The van der Waals surface area contributed by atoms with Gasteiger partial charge in [-0.1, -0.05) is 0 Å². The van der Waals surface area contributed by atoms with E-state index < -0.39 is 21.8 Å². The molecule has 0 radical (unpaired) electrons. The zero-order valence-corrected chi connectivity index (χ0v) is 9.86. The number of nitrogens with zero attached hydrogens (tertiary/aromatic N) is 1. The van der Waals surface area contributed by atoms with E-state index >= 15 is 0 Å². The van der Waals surface area contributed by atoms with Crippen LogP contribution in [0, 0.1) is 17.2 Å². The number of nitrogens with two attached hydrogens (primary N) is 1. The average molecular weight is 253 g/mol. The van der Waals surface area contributed by atoms with Crippen molar-refractivity contribution in [2.45, 2.75) is 11.8 Å². The number of sulfonamides is 1. The standard InChI is InChI=1S/C10H11N3O3S/c1-7(6-11)10(14)13-8-2-4-9(5-3-8)17(12,15)16/h2-5,7H,1H3,(H,13,14)(H2,12,15,16). The number of hydrogen-bond acceptors (Lipinski definition) is 4. The summed E-state index contributed by atoms with van der Waals surface area (Å²) in [5.74, 6) is -1.22. The number of anilines is 1. The van der Waals surface area contributed by atoms with E-state index in [4.69, 9.17) is 10.4 Å². The number of rotatable bonds is 3. The molecule has 1 aromatic carbocycles. The zero-order valence-electron chi connectivity index (χ0n) is 9.04. The molecular weight excluding hydrogens is 242 g/mol. The van der Waals surface area contributed by atoms with Gasteiger partial charge in [-0.2, -0.15) is 5.26 Å². The number of primary sulfonamides is 1. The van der Waals surface area contributed by atoms with Gasteiger partial charge in [-0.3, -0.25) is 4.79 Å². The first kappa shape index (κ1) is 13.2. The predicted octanol–water partition coefficient (Wildman–Crippen LogP) is 0.432. The largest absolute Gasteiger partial charge is 0.325 e. The third kappa shape index (κ3) is 3.55. The van der Waals surface area contributed by atoms with Crippen LogP contribution < -0.4 is 10.5 Å². The summed E-state index contributed by atoms with van der Waals surface area (Å²) in [4.78, 5) is 11.3. The summed E-state index contributed by atoms with van der Waals surface area (Å²) in [5.41, 5.74) is 0.407. The third-order valence-electron chi connectivity index (χ3n) is 2.04. The molecule has 0 heterocycles. The molecule has 7 heteroatoms. The normalized spacial score (nSPS) is 12.5. The summed E-state index contributed by atoms with van der Waals surface area (Å²) in [7, 11) is -3.73. The van der Waals surface area contributed by atoms with Gasteiger partial charge in [0.25, 0.3) is 0 Å². The SMILES string of the molecule is CC(C#N)C(=O)Nc1ccc(S(N)(=O)=O)cc1. The summed E-state index contributed by atoms with van der Waals surface area (Å²) in [6.45, 7) is 1.47. The number of benzene rings is 1. The lowest BCUT2D eigenvalue weighted by Crippen LogP contribution is -2.19. The Morgan fingerprint density at radius 1 is 1.41 bits per heavy atom. The molecular formula is C10H11N3O3S. The van der Waals surface area contributed by atoms with Gasteiger partial charge in [0, 0.05) is 5.69 Å². The van der Waals surface area contributed by atoms with Gasteiger partial charge in [0.05, 0.1) is 11.0 Å². The number of carbonyl (C=O) groups is 1. The molecule has 0 fully saturated rings. The molecule has 0 aliphatic carbocycles. The Bertz CT molecular complexity index is 557. The van der Waals surface area contributed by atoms with Crippen molar-refractivity contribution < 1.29 is 13.2 Å². The average Bonchev–Trinajstić information content (AvgIpc) is 2.27. The smallest absolute Gasteiger partial charge is 0.241 e. The van der Waals surface area contributed by atoms with Crippen molar-refractivity contribution >= 4 is 21.6 Å². The summed E-state index contributed by atoms with van der Waals surface area (Å²) in [6.07, 6.45) is 0. The molecule has 1 rings (SSSR count). The lowest BCUT2D eigenvalue weighted by atomic mass is 10.2. The van der Waals surface area contributed by atoms with Crippen LogP contribution in [-0.4, -0.2) is 14.3 Å². The molecule has 1 atom stereocenters. The molecule has 0 saturated carbocycles. The van der Waals surface area contributed by atoms with Crippen LogP contribution in [0.3, 0.4) is 0 Å². The predicted molar refractivity (Wildman–Crippen MR) is 61.2 cm³/mol. The number of hydrogen-bond donors (Lipinski definition) is 2. The van der Waals surface area contributed by atoms with Crippen LogP contribution in [0.4, 0.5) is 5.69 Å². The molecule has 0 bridgehead atoms. The van der Waals surface area contributed by atoms with Crippen molar-refractivity contribution in [2.75, 3.05) is 5.32 Å². The van der Waals surface area contributed by atoms with Gasteiger partial charge in [0.15, 0.2) is 0 Å². The van der Waals surface area contributed by atoms with E-state index in [0.717, 1.165) is 0 Å². The Balaban J connectivity index is 2.84. The van der Waals surface area contributed by atoms with Gasteiger partial charge in [0.2, 0.25) is 15.9 Å². The minimum atomic E-state index is -3.73. The van der Waals surface area contributed by atoms with Crippen molar-refractivity contribution in [1.29, 1.82) is 5.26 Å². The van der Waals surface area contributed by atoms with Crippen molar-refractivity contribution in [2.24, 2.45) is 11.1 Å². The van der Waals surface area contributed by atoms with Crippen molar-refractivity contribution in [1.82, 2.24) is 0 Å². The molecule has 1 unspecified atom stereocenters. The molecule has 0 aliphatic heterocycles. The van der Waals surface area contributed by atoms with Crippen LogP contribution >= 0.6 is 0 Å². The van der Waals surface area contributed by atoms with Gasteiger partial charge < -0.3 is 5.32 Å². The van der Waals surface area contributed by atoms with Crippen LogP contribution in [-0.2, 0) is 14.8 Å². The lowest BCUT2D eigenvalue weighted by Gasteiger charge is -2.06. The molecule has 17 heavy (non-hydrogen) atoms. The Labute approximate surface area is 99.1 Å². The highest BCUT2D eigenvalue weighted by Gasteiger charge is 2.12. The minimum Gasteiger partial charge on any atom is -0.325 e. The van der Waals surface area contributed by atoms with E-state index in [1.54, 1.807) is 6.07 Å². The first-order valence-electron chi connectivity index (χ1n) is 4.68. The van der Waals surface area contributed by atoms with E-state index in [2.05, 4.69) is 5.32 Å². The van der Waals surface area contributed by atoms with Crippen molar-refractivity contribution in [3.8, 4) is 6.07 Å². The second kappa shape index (κ2) is 4.95. The Morgan fingerprint density at radius 3 is 2.35 bits per heavy atom. The third-order valence-corrected chi connectivity index (χ3v) is 2.97. The maximum Gasteiger partial charge on any atom is 0.241 e. The lowest BCUT2D eigenvalue weighted by molar-refractivity contribution is -0.117. The van der Waals surface area contributed by atoms with Gasteiger partial charge >= 0.3 is 0 Å². The molecule has 3 N–H and O–H groups in total. The Hall–Kier alpha value is -1.91. The highest BCUT2D eigenvalue weighted by atomic mass is 32.2. The van der Waals surface area contributed by atoms with Crippen LogP contribution in [0.5, 0.6) is 0 Å². The summed E-state index contributed by atoms with van der Waals surface area (Å²) in [5, 5.41) is 15.9. The molecule has 6 nitrogen and oxygen atoms in total. The molecule has 0 aliphatic rings. The molecule has 0 aromatic heterocycles. The summed E-state index contributed by atoms with van der Waals surface area (Å²) >= 11 is 0. The molecule has 0 saturated heterocycles. The van der Waals surface area contributed by atoms with Gasteiger partial charge in [-0.15, -0.1) is 0 Å². The van der Waals surface area contributed by atoms with Crippen molar-refractivity contribution in [3.05, 3.63) is 24.3 Å². The second-order valence-corrected chi connectivity index (χ2v) is 4.97. The van der Waals surface area contributed by atoms with E-state index in [1.165, 1.54) is 31.2 Å². The summed E-state index contributed by atoms with van der Waals surface area (Å²) < 4.78 is 21.9. The van der Waals surface area contributed by atoms with Gasteiger partial charge in [-0.25, -0.2) is 13.6 Å². The van der Waals surface area contributed by atoms with Crippen LogP contribution in [0.15, 0.2) is 29.2 Å². The quantitative estimate of drug-likeness (QED) is 0.813. The maximum absolute atomic E-state index is 11.3. The number of carbonyl (C=O) groups excluding carboxylic acids is 1. The highest BCUT2D eigenvalue weighted by molar-refractivity contribution is 7.89. The van der Waals surface area contributed by atoms with E-state index in [0.29, 0.717) is 5.69 Å². The Kier molecular flexibility index (Phi) is 3.83. The minimum absolute atomic E-state index is 0.0381. The molecule has 1 amide bonds. The van der Waals surface area contributed by atoms with Crippen LogP contribution in [0.1, 0.15) is 6.92 Å². The van der Waals surface area contributed by atoms with Crippen molar-refractivity contribution in [3.63, 3.8) is 0 Å². The molecule has 0 spiro atoms. The number of nitrogens with one attached hydrogen (secondary N) is 1. The fourth-order valence-electron chi connectivity index (χ4n) is 1.04. The first-order chi connectivity index (χ1) is 7.84. The number of amides is 1. The van der Waals surface area contributed by atoms with E-state index in [1.807, 2.05) is 0 Å². The monoisotopic (exact) mass is 253 g/mol. The first-order valence-corrected chi connectivity index (χ1v) is 6.22. The summed E-state index contributed by atoms with van der Waals surface area (Å²) in [6, 6.07) is 7.16. The number of nitriles is 1. The van der Waals surface area contributed by atoms with Gasteiger partial charge in [-0.05, 0) is 31.2 Å². The van der Waals surface area contributed by atoms with Crippen LogP contribution in [0.25, 0.3) is 0 Å². The maximum atomic E-state index is 11.3. The van der Waals surface area contributed by atoms with Crippen LogP contribution in [0.2, 0.25) is 0 Å². The second-order valence-electron chi connectivity index (χ2n) is 3.41. The highest BCUT2D eigenvalue weighted by Crippen LogP contribution is 2.13. The molecule has 90 valence electrons. The van der Waals surface area contributed by atoms with E-state index in [-0.39, 0.29) is 4.90 Å². The fourth-order valence-corrected chi connectivity index (χ4v) is 1.55. The van der Waals surface area contributed by atoms with E-state index in [9.17, 15) is 13.2 Å². The Morgan fingerprint density at radius 2 is 1.94 bits per heavy atom.